The average molecular weight is 291 g/mol. The Balaban J connectivity index is 2.33. The van der Waals surface area contributed by atoms with E-state index in [1.54, 1.807) is 0 Å². The van der Waals surface area contributed by atoms with Gasteiger partial charge in [-0.2, -0.15) is 15.0 Å². The number of aromatic nitrogens is 3. The van der Waals surface area contributed by atoms with Crippen molar-refractivity contribution >= 4 is 23.2 Å². The second kappa shape index (κ2) is 5.27. The molecular weight excluding hydrogens is 285 g/mol. The second-order valence-corrected chi connectivity index (χ2v) is 3.63. The molecule has 1 heterocycles. The van der Waals surface area contributed by atoms with E-state index in [1.807, 2.05) is 0 Å². The summed E-state index contributed by atoms with van der Waals surface area (Å²) in [6.07, 6.45) is 0. The van der Waals surface area contributed by atoms with Gasteiger partial charge in [0.05, 0.1) is 7.11 Å². The van der Waals surface area contributed by atoms with Crippen LogP contribution in [-0.2, 0) is 0 Å². The van der Waals surface area contributed by atoms with Gasteiger partial charge in [0.15, 0.2) is 17.5 Å². The highest BCUT2D eigenvalue weighted by molar-refractivity contribution is 6.28. The largest absolute Gasteiger partial charge is 0.467 e. The van der Waals surface area contributed by atoms with E-state index in [9.17, 15) is 13.2 Å². The van der Waals surface area contributed by atoms with E-state index in [1.165, 1.54) is 7.11 Å². The van der Waals surface area contributed by atoms with Crippen molar-refractivity contribution < 1.29 is 17.9 Å². The molecule has 1 aromatic heterocycles. The van der Waals surface area contributed by atoms with Crippen molar-refractivity contribution in [3.05, 3.63) is 34.9 Å². The quantitative estimate of drug-likeness (QED) is 0.881. The first-order valence-corrected chi connectivity index (χ1v) is 5.24. The Morgan fingerprint density at radius 1 is 1.11 bits per heavy atom. The lowest BCUT2D eigenvalue weighted by molar-refractivity contribution is 0.379. The van der Waals surface area contributed by atoms with E-state index in [0.717, 1.165) is 12.1 Å². The fraction of sp³-hybridized carbons (Fsp3) is 0.100. The van der Waals surface area contributed by atoms with Crippen molar-refractivity contribution in [3.8, 4) is 6.01 Å². The Hall–Kier alpha value is -2.09. The van der Waals surface area contributed by atoms with Crippen molar-refractivity contribution in [1.29, 1.82) is 0 Å². The molecular formula is C10H6ClF3N4O. The monoisotopic (exact) mass is 290 g/mol. The highest BCUT2D eigenvalue weighted by Gasteiger charge is 2.12. The molecule has 0 amide bonds. The Labute approximate surface area is 110 Å². The van der Waals surface area contributed by atoms with Gasteiger partial charge >= 0.3 is 6.01 Å². The highest BCUT2D eigenvalue weighted by Crippen LogP contribution is 2.21. The van der Waals surface area contributed by atoms with Crippen LogP contribution >= 0.6 is 11.6 Å². The van der Waals surface area contributed by atoms with Crippen LogP contribution in [0.4, 0.5) is 24.8 Å². The maximum Gasteiger partial charge on any atom is 0.322 e. The summed E-state index contributed by atoms with van der Waals surface area (Å²) in [5, 5.41) is 2.29. The number of hydrogen-bond donors (Lipinski definition) is 1. The number of rotatable bonds is 3. The van der Waals surface area contributed by atoms with Gasteiger partial charge in [-0.15, -0.1) is 0 Å². The Morgan fingerprint density at radius 3 is 2.32 bits per heavy atom. The molecule has 0 bridgehead atoms. The molecule has 0 saturated carbocycles. The first kappa shape index (κ1) is 13.3. The van der Waals surface area contributed by atoms with Gasteiger partial charge in [-0.3, -0.25) is 0 Å². The summed E-state index contributed by atoms with van der Waals surface area (Å²) in [5.74, 6) is -4.33. The van der Waals surface area contributed by atoms with Gasteiger partial charge in [0.1, 0.15) is 0 Å². The summed E-state index contributed by atoms with van der Waals surface area (Å²) >= 11 is 5.59. The van der Waals surface area contributed by atoms with Crippen molar-refractivity contribution in [2.24, 2.45) is 0 Å². The normalized spacial score (nSPS) is 10.4. The SMILES string of the molecule is COc1nc(Cl)nc(Nc2cc(F)c(F)c(F)c2)n1. The van der Waals surface area contributed by atoms with Gasteiger partial charge in [0.25, 0.3) is 0 Å². The molecule has 0 atom stereocenters. The van der Waals surface area contributed by atoms with Crippen LogP contribution in [0.15, 0.2) is 12.1 Å². The molecule has 19 heavy (non-hydrogen) atoms. The molecule has 0 aliphatic carbocycles. The third kappa shape index (κ3) is 3.02. The highest BCUT2D eigenvalue weighted by atomic mass is 35.5. The van der Waals surface area contributed by atoms with Crippen molar-refractivity contribution in [1.82, 2.24) is 15.0 Å². The number of nitrogens with one attached hydrogen (secondary N) is 1. The molecule has 0 fully saturated rings. The minimum absolute atomic E-state index is 0.0782. The van der Waals surface area contributed by atoms with Crippen LogP contribution in [0.1, 0.15) is 0 Å². The van der Waals surface area contributed by atoms with Crippen LogP contribution in [0.2, 0.25) is 5.28 Å². The van der Waals surface area contributed by atoms with Crippen LogP contribution < -0.4 is 10.1 Å². The summed E-state index contributed by atoms with van der Waals surface area (Å²) in [4.78, 5) is 11.0. The van der Waals surface area contributed by atoms with Gasteiger partial charge in [0.2, 0.25) is 11.2 Å². The van der Waals surface area contributed by atoms with Gasteiger partial charge in [-0.05, 0) is 11.6 Å². The molecule has 2 aromatic rings. The third-order valence-corrected chi connectivity index (χ3v) is 2.18. The predicted molar refractivity (Wildman–Crippen MR) is 61.0 cm³/mol. The van der Waals surface area contributed by atoms with Crippen LogP contribution in [0, 0.1) is 17.5 Å². The number of hydrogen-bond acceptors (Lipinski definition) is 5. The topological polar surface area (TPSA) is 59.9 Å². The van der Waals surface area contributed by atoms with Crippen molar-refractivity contribution in [2.45, 2.75) is 0 Å². The molecule has 0 saturated heterocycles. The van der Waals surface area contributed by atoms with E-state index < -0.39 is 17.5 Å². The molecule has 2 rings (SSSR count). The predicted octanol–water partition coefficient (Wildman–Crippen LogP) is 2.69. The number of methoxy groups -OCH3 is 1. The molecule has 1 N–H and O–H groups in total. The molecule has 0 spiro atoms. The smallest absolute Gasteiger partial charge is 0.322 e. The maximum atomic E-state index is 13.0. The molecule has 0 radical (unpaired) electrons. The zero-order valence-electron chi connectivity index (χ0n) is 9.42. The number of halogens is 4. The number of anilines is 2. The summed E-state index contributed by atoms with van der Waals surface area (Å²) in [5.41, 5.74) is -0.0827. The van der Waals surface area contributed by atoms with Gasteiger partial charge < -0.3 is 10.1 Å². The molecule has 0 aliphatic heterocycles. The molecule has 0 aliphatic rings. The first-order valence-electron chi connectivity index (χ1n) is 4.86. The van der Waals surface area contributed by atoms with E-state index >= 15 is 0 Å². The molecule has 100 valence electrons. The Morgan fingerprint density at radius 2 is 1.74 bits per heavy atom. The maximum absolute atomic E-state index is 13.0. The summed E-state index contributed by atoms with van der Waals surface area (Å²) < 4.78 is 43.5. The lowest BCUT2D eigenvalue weighted by Crippen LogP contribution is -2.03. The lowest BCUT2D eigenvalue weighted by Gasteiger charge is -2.06. The van der Waals surface area contributed by atoms with E-state index in [2.05, 4.69) is 20.3 Å². The van der Waals surface area contributed by atoms with Crippen LogP contribution in [0.5, 0.6) is 6.01 Å². The Bertz CT molecular complexity index is 603. The van der Waals surface area contributed by atoms with Crippen molar-refractivity contribution in [2.75, 3.05) is 12.4 Å². The standard InChI is InChI=1S/C10H6ClF3N4O/c1-19-10-17-8(11)16-9(18-10)15-4-2-5(12)7(14)6(13)3-4/h2-3H,1H3,(H,15,16,17,18). The lowest BCUT2D eigenvalue weighted by atomic mass is 10.3. The zero-order valence-corrected chi connectivity index (χ0v) is 10.2. The fourth-order valence-corrected chi connectivity index (χ4v) is 1.39. The first-order chi connectivity index (χ1) is 8.99. The van der Waals surface area contributed by atoms with Crippen LogP contribution in [-0.4, -0.2) is 22.1 Å². The number of benzene rings is 1. The van der Waals surface area contributed by atoms with Crippen molar-refractivity contribution in [3.63, 3.8) is 0 Å². The van der Waals surface area contributed by atoms with Gasteiger partial charge in [-0.1, -0.05) is 0 Å². The number of ether oxygens (including phenoxy) is 1. The minimum Gasteiger partial charge on any atom is -0.467 e. The van der Waals surface area contributed by atoms with Gasteiger partial charge in [-0.25, -0.2) is 13.2 Å². The van der Waals surface area contributed by atoms with E-state index in [4.69, 9.17) is 16.3 Å². The summed E-state index contributed by atoms with van der Waals surface area (Å²) in [7, 11) is 1.31. The molecule has 9 heteroatoms. The summed E-state index contributed by atoms with van der Waals surface area (Å²) in [6, 6.07) is 1.43. The minimum atomic E-state index is -1.56. The Kier molecular flexibility index (Phi) is 3.70. The van der Waals surface area contributed by atoms with Gasteiger partial charge in [0, 0.05) is 17.8 Å². The zero-order chi connectivity index (χ0) is 14.0. The molecule has 5 nitrogen and oxygen atoms in total. The van der Waals surface area contributed by atoms with Crippen LogP contribution in [0.3, 0.4) is 0 Å². The van der Waals surface area contributed by atoms with E-state index in [0.29, 0.717) is 0 Å². The molecule has 1 aromatic carbocycles. The second-order valence-electron chi connectivity index (χ2n) is 3.29. The average Bonchev–Trinajstić information content (AvgIpc) is 2.35. The number of nitrogens with zero attached hydrogens (tertiary/aromatic N) is 3. The fourth-order valence-electron chi connectivity index (χ4n) is 1.24. The summed E-state index contributed by atoms with van der Waals surface area (Å²) in [6.45, 7) is 0. The van der Waals surface area contributed by atoms with Crippen LogP contribution in [0.25, 0.3) is 0 Å². The van der Waals surface area contributed by atoms with E-state index in [-0.39, 0.29) is 22.9 Å². The third-order valence-electron chi connectivity index (χ3n) is 2.01. The molecule has 0 unspecified atom stereocenters.